The molecule has 1 rings (SSSR count). The fourth-order valence-corrected chi connectivity index (χ4v) is 0.253. The Morgan fingerprint density at radius 1 is 0.867 bits per heavy atom. The number of carbonyl (C=O) groups is 2. The molecule has 15 heavy (non-hydrogen) atoms. The predicted octanol–water partition coefficient (Wildman–Crippen LogP) is 1.03. The van der Waals surface area contributed by atoms with Gasteiger partial charge < -0.3 is 20.4 Å². The minimum absolute atomic E-state index is 0. The van der Waals surface area contributed by atoms with Gasteiger partial charge in [-0.3, -0.25) is 0 Å². The molecular formula is C6H10N2O6S. The largest absolute Gasteiger partial charge is 0.503 e. The molecule has 0 radical (unpaired) electrons. The maximum absolute atomic E-state index is 8.56. The lowest BCUT2D eigenvalue weighted by atomic mass is 10.7. The molecule has 0 unspecified atom stereocenters. The van der Waals surface area contributed by atoms with E-state index in [1.165, 1.54) is 6.33 Å². The highest BCUT2D eigenvalue weighted by Gasteiger charge is 1.70. The molecule has 0 bridgehead atoms. The third-order valence-corrected chi connectivity index (χ3v) is 0.478. The molecule has 0 aromatic carbocycles. The van der Waals surface area contributed by atoms with Gasteiger partial charge in [0, 0.05) is 12.4 Å². The van der Waals surface area contributed by atoms with Crippen molar-refractivity contribution in [2.45, 2.75) is 0 Å². The highest BCUT2D eigenvalue weighted by atomic mass is 32.1. The maximum atomic E-state index is 8.56. The minimum atomic E-state index is -1.83. The van der Waals surface area contributed by atoms with E-state index in [0.29, 0.717) is 0 Å². The second-order valence-electron chi connectivity index (χ2n) is 1.47. The molecule has 0 amide bonds. The van der Waals surface area contributed by atoms with Gasteiger partial charge in [0.2, 0.25) is 0 Å². The third kappa shape index (κ3) is 75.5. The summed E-state index contributed by atoms with van der Waals surface area (Å²) in [5, 5.41) is 27.9. The van der Waals surface area contributed by atoms with Crippen LogP contribution in [0.15, 0.2) is 24.8 Å². The molecule has 4 N–H and O–H groups in total. The van der Waals surface area contributed by atoms with Gasteiger partial charge in [0.1, 0.15) is 6.33 Å². The second kappa shape index (κ2) is 14.5. The zero-order valence-electron chi connectivity index (χ0n) is 7.31. The maximum Gasteiger partial charge on any atom is 0.503 e. The normalized spacial score (nSPS) is 6.40. The topological polar surface area (TPSA) is 141 Å². The smallest absolute Gasteiger partial charge is 0.450 e. The summed E-state index contributed by atoms with van der Waals surface area (Å²) in [5.74, 6) is 0. The van der Waals surface area contributed by atoms with Crippen LogP contribution in [0.2, 0.25) is 0 Å². The van der Waals surface area contributed by atoms with Crippen molar-refractivity contribution >= 4 is 25.8 Å². The Kier molecular flexibility index (Phi) is 18.1. The van der Waals surface area contributed by atoms with E-state index >= 15 is 0 Å². The Labute approximate surface area is 91.3 Å². The summed E-state index contributed by atoms with van der Waals surface area (Å²) in [5.41, 5.74) is 0. The molecule has 0 aliphatic rings. The fourth-order valence-electron chi connectivity index (χ4n) is 0.253. The highest BCUT2D eigenvalue weighted by molar-refractivity contribution is 7.59. The van der Waals surface area contributed by atoms with Crippen LogP contribution in [-0.4, -0.2) is 42.7 Å². The average Bonchev–Trinajstić information content (AvgIpc) is 2.05. The average molecular weight is 238 g/mol. The van der Waals surface area contributed by atoms with Crippen molar-refractivity contribution in [3.63, 3.8) is 0 Å². The first-order valence-electron chi connectivity index (χ1n) is 3.00. The van der Waals surface area contributed by atoms with Crippen LogP contribution in [-0.2, 0) is 0 Å². The summed E-state index contributed by atoms with van der Waals surface area (Å²) in [4.78, 5) is 24.5. The van der Waals surface area contributed by atoms with Gasteiger partial charge in [-0.1, -0.05) is 0 Å². The van der Waals surface area contributed by atoms with Crippen molar-refractivity contribution < 1.29 is 30.0 Å². The molecule has 0 fully saturated rings. The zero-order chi connectivity index (χ0) is 11.4. The fraction of sp³-hybridized carbons (Fsp3) is 0. The number of rotatable bonds is 0. The molecule has 1 aromatic heterocycles. The Hall–Kier alpha value is -2.03. The van der Waals surface area contributed by atoms with E-state index in [1.54, 1.807) is 18.5 Å². The first-order chi connectivity index (χ1) is 6.46. The van der Waals surface area contributed by atoms with E-state index in [2.05, 4.69) is 9.97 Å². The van der Waals surface area contributed by atoms with Crippen LogP contribution in [0.1, 0.15) is 0 Å². The van der Waals surface area contributed by atoms with E-state index in [4.69, 9.17) is 30.0 Å². The number of hydrogen-bond acceptors (Lipinski definition) is 4. The number of nitrogens with zero attached hydrogens (tertiary/aromatic N) is 2. The summed E-state index contributed by atoms with van der Waals surface area (Å²) in [7, 11) is 0. The van der Waals surface area contributed by atoms with Crippen molar-refractivity contribution in [2.24, 2.45) is 0 Å². The summed E-state index contributed by atoms with van der Waals surface area (Å²) in [6.07, 6.45) is 1.21. The Morgan fingerprint density at radius 2 is 1.13 bits per heavy atom. The molecule has 86 valence electrons. The Balaban J connectivity index is -0.000000145. The summed E-state index contributed by atoms with van der Waals surface area (Å²) < 4.78 is 0. The van der Waals surface area contributed by atoms with Crippen LogP contribution < -0.4 is 0 Å². The monoisotopic (exact) mass is 238 g/mol. The van der Waals surface area contributed by atoms with Gasteiger partial charge in [-0.15, -0.1) is 0 Å². The van der Waals surface area contributed by atoms with Crippen molar-refractivity contribution in [1.29, 1.82) is 0 Å². The number of carboxylic acid groups (broad SMARTS) is 4. The van der Waals surface area contributed by atoms with Gasteiger partial charge in [0.25, 0.3) is 0 Å². The van der Waals surface area contributed by atoms with Gasteiger partial charge in [-0.25, -0.2) is 19.6 Å². The quantitative estimate of drug-likeness (QED) is 0.525. The van der Waals surface area contributed by atoms with Crippen molar-refractivity contribution in [3.05, 3.63) is 24.8 Å². The van der Waals surface area contributed by atoms with E-state index in [0.717, 1.165) is 0 Å². The molecule has 9 heteroatoms. The molecule has 0 saturated carbocycles. The van der Waals surface area contributed by atoms with Crippen LogP contribution in [0.4, 0.5) is 9.59 Å². The first kappa shape index (κ1) is 18.7. The SMILES string of the molecule is O=C(O)O.O=C(O)O.S.c1cncnc1. The van der Waals surface area contributed by atoms with E-state index < -0.39 is 12.3 Å². The number of hydrogen-bond donors (Lipinski definition) is 4. The third-order valence-electron chi connectivity index (χ3n) is 0.478. The lowest BCUT2D eigenvalue weighted by Gasteiger charge is -1.70. The summed E-state index contributed by atoms with van der Waals surface area (Å²) >= 11 is 0. The van der Waals surface area contributed by atoms with Gasteiger partial charge in [-0.2, -0.15) is 13.5 Å². The lowest BCUT2D eigenvalue weighted by Crippen LogP contribution is -1.81. The lowest BCUT2D eigenvalue weighted by molar-refractivity contribution is 0.135. The van der Waals surface area contributed by atoms with E-state index in [1.807, 2.05) is 0 Å². The van der Waals surface area contributed by atoms with Crippen LogP contribution in [0.3, 0.4) is 0 Å². The predicted molar refractivity (Wildman–Crippen MR) is 53.7 cm³/mol. The molecule has 0 atom stereocenters. The number of aromatic nitrogens is 2. The molecule has 0 aliphatic heterocycles. The first-order valence-corrected chi connectivity index (χ1v) is 3.00. The minimum Gasteiger partial charge on any atom is -0.450 e. The Bertz CT molecular complexity index is 210. The van der Waals surface area contributed by atoms with Crippen LogP contribution in [0.5, 0.6) is 0 Å². The zero-order valence-corrected chi connectivity index (χ0v) is 8.31. The van der Waals surface area contributed by atoms with Crippen molar-refractivity contribution in [1.82, 2.24) is 9.97 Å². The second-order valence-corrected chi connectivity index (χ2v) is 1.47. The molecule has 8 nitrogen and oxygen atoms in total. The molecule has 0 saturated heterocycles. The standard InChI is InChI=1S/C4H4N2.2CH2O3.H2S/c1-2-5-4-6-3-1;2*2-1(3)4;/h1-4H;2*(H2,2,3,4);1H2. The van der Waals surface area contributed by atoms with Crippen LogP contribution in [0.25, 0.3) is 0 Å². The molecule has 0 aliphatic carbocycles. The van der Waals surface area contributed by atoms with E-state index in [9.17, 15) is 0 Å². The van der Waals surface area contributed by atoms with Gasteiger partial charge in [0.15, 0.2) is 0 Å². The molecule has 1 aromatic rings. The molecular weight excluding hydrogens is 228 g/mol. The van der Waals surface area contributed by atoms with Crippen LogP contribution >= 0.6 is 13.5 Å². The molecule has 0 spiro atoms. The molecule has 1 heterocycles. The van der Waals surface area contributed by atoms with Gasteiger partial charge in [-0.05, 0) is 6.07 Å². The van der Waals surface area contributed by atoms with Gasteiger partial charge in [0.05, 0.1) is 0 Å². The summed E-state index contributed by atoms with van der Waals surface area (Å²) in [6, 6.07) is 1.78. The van der Waals surface area contributed by atoms with Gasteiger partial charge >= 0.3 is 12.3 Å². The highest BCUT2D eigenvalue weighted by Crippen LogP contribution is 1.66. The van der Waals surface area contributed by atoms with E-state index in [-0.39, 0.29) is 13.5 Å². The van der Waals surface area contributed by atoms with Crippen molar-refractivity contribution in [2.75, 3.05) is 0 Å². The van der Waals surface area contributed by atoms with Crippen molar-refractivity contribution in [3.8, 4) is 0 Å². The van der Waals surface area contributed by atoms with Crippen LogP contribution in [0, 0.1) is 0 Å². The Morgan fingerprint density at radius 3 is 1.20 bits per heavy atom. The summed E-state index contributed by atoms with van der Waals surface area (Å²) in [6.45, 7) is 0.